The van der Waals surface area contributed by atoms with Crippen molar-refractivity contribution in [3.63, 3.8) is 0 Å². The van der Waals surface area contributed by atoms with E-state index >= 15 is 0 Å². The maximum absolute atomic E-state index is 10.5. The van der Waals surface area contributed by atoms with Gasteiger partial charge >= 0.3 is 29.9 Å². The molecule has 0 aliphatic heterocycles. The first-order chi connectivity index (χ1) is 3.48. The molecule has 0 aromatic carbocycles. The first kappa shape index (κ1) is 12.6. The van der Waals surface area contributed by atoms with Crippen LogP contribution >= 0.6 is 25.5 Å². The standard InChI is InChI=1S/C4H8O2S2.Sn.2H/c1-4(2,7)3(5)6-8;;;/h7-8H,1-2H3;;;. The molecule has 0 N–H and O–H groups in total. The van der Waals surface area contributed by atoms with E-state index in [1.54, 1.807) is 13.8 Å². The predicted octanol–water partition coefficient (Wildman–Crippen LogP) is 0.167. The van der Waals surface area contributed by atoms with Gasteiger partial charge in [0, 0.05) is 12.9 Å². The van der Waals surface area contributed by atoms with Gasteiger partial charge < -0.3 is 4.18 Å². The molecular weight excluding hydrogens is 263 g/mol. The summed E-state index contributed by atoms with van der Waals surface area (Å²) in [6.07, 6.45) is 0. The molecule has 5 heteroatoms. The fraction of sp³-hybridized carbons (Fsp3) is 0.750. The molecule has 0 rings (SSSR count). The van der Waals surface area contributed by atoms with Gasteiger partial charge in [0.25, 0.3) is 0 Å². The fourth-order valence-electron chi connectivity index (χ4n) is 0.112. The van der Waals surface area contributed by atoms with Crippen LogP contribution in [0, 0.1) is 0 Å². The van der Waals surface area contributed by atoms with E-state index in [-0.39, 0.29) is 23.9 Å². The van der Waals surface area contributed by atoms with E-state index < -0.39 is 10.7 Å². The molecular formula is C4H10O2S2Sn. The Kier molecular flexibility index (Phi) is 6.64. The van der Waals surface area contributed by atoms with Crippen molar-refractivity contribution < 1.29 is 8.98 Å². The van der Waals surface area contributed by atoms with Crippen molar-refractivity contribution in [2.45, 2.75) is 18.6 Å². The van der Waals surface area contributed by atoms with Gasteiger partial charge in [-0.15, -0.1) is 0 Å². The predicted molar refractivity (Wildman–Crippen MR) is 46.7 cm³/mol. The Morgan fingerprint density at radius 3 is 1.89 bits per heavy atom. The van der Waals surface area contributed by atoms with Crippen LogP contribution in [0.2, 0.25) is 0 Å². The quantitative estimate of drug-likeness (QED) is 0.404. The summed E-state index contributed by atoms with van der Waals surface area (Å²) in [6, 6.07) is 0. The Bertz CT molecular complexity index is 99.2. The van der Waals surface area contributed by atoms with Gasteiger partial charge in [0.2, 0.25) is 0 Å². The average molecular weight is 273 g/mol. The summed E-state index contributed by atoms with van der Waals surface area (Å²) in [5, 5.41) is 0. The minimum atomic E-state index is -0.734. The molecule has 0 saturated carbocycles. The zero-order valence-electron chi connectivity index (χ0n) is 5.42. The molecule has 0 saturated heterocycles. The Morgan fingerprint density at radius 2 is 1.89 bits per heavy atom. The summed E-state index contributed by atoms with van der Waals surface area (Å²) in [5.41, 5.74) is 0. The Labute approximate surface area is 82.7 Å². The van der Waals surface area contributed by atoms with Crippen LogP contribution < -0.4 is 0 Å². The van der Waals surface area contributed by atoms with E-state index in [0.717, 1.165) is 0 Å². The molecule has 0 aromatic heterocycles. The van der Waals surface area contributed by atoms with E-state index in [2.05, 4.69) is 29.7 Å². The number of hydrogen-bond donors (Lipinski definition) is 2. The monoisotopic (exact) mass is 274 g/mol. The first-order valence-electron chi connectivity index (χ1n) is 2.06. The van der Waals surface area contributed by atoms with Gasteiger partial charge in [-0.3, -0.25) is 0 Å². The third-order valence-electron chi connectivity index (χ3n) is 0.582. The topological polar surface area (TPSA) is 26.3 Å². The van der Waals surface area contributed by atoms with E-state index in [1.165, 1.54) is 0 Å². The summed E-state index contributed by atoms with van der Waals surface area (Å²) in [6.45, 7) is 3.27. The van der Waals surface area contributed by atoms with Crippen LogP contribution in [0.15, 0.2) is 0 Å². The molecule has 0 spiro atoms. The van der Waals surface area contributed by atoms with Gasteiger partial charge in [-0.25, -0.2) is 4.79 Å². The molecule has 0 aliphatic carbocycles. The van der Waals surface area contributed by atoms with Crippen LogP contribution in [-0.2, 0) is 8.98 Å². The molecule has 0 bridgehead atoms. The van der Waals surface area contributed by atoms with E-state index in [9.17, 15) is 4.79 Å². The molecule has 0 heterocycles. The Morgan fingerprint density at radius 1 is 1.56 bits per heavy atom. The normalized spacial score (nSPS) is 9.78. The van der Waals surface area contributed by atoms with Crippen molar-refractivity contribution in [1.82, 2.24) is 0 Å². The molecule has 54 valence electrons. The summed E-state index contributed by atoms with van der Waals surface area (Å²) < 4.78 is 3.36. The fourth-order valence-corrected chi connectivity index (χ4v) is 0.458. The van der Waals surface area contributed by atoms with E-state index in [1.807, 2.05) is 0 Å². The number of thiol groups is 2. The van der Waals surface area contributed by atoms with Crippen LogP contribution in [-0.4, -0.2) is 34.6 Å². The average Bonchev–Trinajstić information content (AvgIpc) is 1.62. The van der Waals surface area contributed by atoms with Crippen molar-refractivity contribution >= 4 is 55.4 Å². The summed E-state index contributed by atoms with van der Waals surface area (Å²) in [4.78, 5) is 10.5. The number of rotatable bonds is 1. The van der Waals surface area contributed by atoms with Crippen LogP contribution in [0.25, 0.3) is 0 Å². The van der Waals surface area contributed by atoms with Crippen molar-refractivity contribution in [2.24, 2.45) is 0 Å². The summed E-state index contributed by atoms with van der Waals surface area (Å²) in [7, 11) is 0. The third-order valence-corrected chi connectivity index (χ3v) is 0.931. The molecule has 0 aliphatic rings. The Hall–Kier alpha value is 0.969. The molecule has 0 unspecified atom stereocenters. The van der Waals surface area contributed by atoms with Crippen molar-refractivity contribution in [3.8, 4) is 0 Å². The second-order valence-corrected chi connectivity index (χ2v) is 3.24. The van der Waals surface area contributed by atoms with Gasteiger partial charge in [-0.1, -0.05) is 0 Å². The van der Waals surface area contributed by atoms with E-state index in [4.69, 9.17) is 0 Å². The summed E-state index contributed by atoms with van der Waals surface area (Å²) >= 11 is 7.22. The van der Waals surface area contributed by atoms with Gasteiger partial charge in [0.15, 0.2) is 0 Å². The van der Waals surface area contributed by atoms with Gasteiger partial charge in [-0.05, 0) is 13.8 Å². The van der Waals surface area contributed by atoms with Gasteiger partial charge in [-0.2, -0.15) is 12.6 Å². The molecule has 0 atom stereocenters. The van der Waals surface area contributed by atoms with Gasteiger partial charge in [0.1, 0.15) is 4.75 Å². The number of hydrogen-bond acceptors (Lipinski definition) is 4. The summed E-state index contributed by atoms with van der Waals surface area (Å²) in [5.74, 6) is -0.441. The maximum atomic E-state index is 10.5. The number of carbonyl (C=O) groups excluding carboxylic acids is 1. The molecule has 0 aromatic rings. The van der Waals surface area contributed by atoms with Crippen LogP contribution in [0.5, 0.6) is 0 Å². The third kappa shape index (κ3) is 5.41. The van der Waals surface area contributed by atoms with Crippen LogP contribution in [0.4, 0.5) is 0 Å². The van der Waals surface area contributed by atoms with Crippen LogP contribution in [0.3, 0.4) is 0 Å². The second kappa shape index (κ2) is 4.73. The minimum absolute atomic E-state index is 0. The SMILES string of the molecule is CC(C)(S)C(=O)OS.[SnH2]. The molecule has 0 fully saturated rings. The molecule has 2 nitrogen and oxygen atoms in total. The molecule has 2 radical (unpaired) electrons. The zero-order valence-corrected chi connectivity index (χ0v) is 11.2. The molecule has 0 amide bonds. The van der Waals surface area contributed by atoms with Crippen molar-refractivity contribution in [2.75, 3.05) is 0 Å². The second-order valence-electron chi connectivity index (χ2n) is 1.94. The molecule has 9 heavy (non-hydrogen) atoms. The van der Waals surface area contributed by atoms with E-state index in [0.29, 0.717) is 0 Å². The van der Waals surface area contributed by atoms with Crippen molar-refractivity contribution in [1.29, 1.82) is 0 Å². The van der Waals surface area contributed by atoms with Crippen LogP contribution in [0.1, 0.15) is 13.8 Å². The van der Waals surface area contributed by atoms with Gasteiger partial charge in [0.05, 0.1) is 0 Å². The first-order valence-corrected chi connectivity index (χ1v) is 2.88. The number of carbonyl (C=O) groups is 1. The Balaban J connectivity index is 0. The zero-order chi connectivity index (χ0) is 6.78. The van der Waals surface area contributed by atoms with Crippen molar-refractivity contribution in [3.05, 3.63) is 0 Å².